The van der Waals surface area contributed by atoms with Gasteiger partial charge in [-0.05, 0) is 32.1 Å². The van der Waals surface area contributed by atoms with E-state index in [-0.39, 0.29) is 23.3 Å². The van der Waals surface area contributed by atoms with E-state index in [1.165, 1.54) is 0 Å². The lowest BCUT2D eigenvalue weighted by Crippen LogP contribution is -2.60. The van der Waals surface area contributed by atoms with Crippen LogP contribution in [0.25, 0.3) is 0 Å². The van der Waals surface area contributed by atoms with E-state index in [1.54, 1.807) is 6.33 Å². The van der Waals surface area contributed by atoms with Crippen LogP contribution in [0.2, 0.25) is 0 Å². The molecule has 1 unspecified atom stereocenters. The van der Waals surface area contributed by atoms with Crippen LogP contribution in [-0.2, 0) is 26.3 Å². The number of hydrogen-bond donors (Lipinski definition) is 1. The molecule has 0 aromatic carbocycles. The van der Waals surface area contributed by atoms with Crippen molar-refractivity contribution < 1.29 is 14.3 Å². The van der Waals surface area contributed by atoms with Crippen molar-refractivity contribution >= 4 is 11.8 Å². The van der Waals surface area contributed by atoms with Crippen molar-refractivity contribution in [3.63, 3.8) is 0 Å². The maximum Gasteiger partial charge on any atom is 0.228 e. The van der Waals surface area contributed by atoms with E-state index >= 15 is 0 Å². The summed E-state index contributed by atoms with van der Waals surface area (Å²) in [6, 6.07) is 0. The van der Waals surface area contributed by atoms with Gasteiger partial charge in [0, 0.05) is 44.3 Å². The molecule has 1 N–H and O–H groups in total. The van der Waals surface area contributed by atoms with Gasteiger partial charge in [0.2, 0.25) is 11.8 Å². The first-order chi connectivity index (χ1) is 13.2. The molecule has 2 saturated heterocycles. The van der Waals surface area contributed by atoms with Crippen LogP contribution in [0.4, 0.5) is 0 Å². The number of nitrogens with zero attached hydrogens (tertiary/aromatic N) is 3. The number of hydrogen-bond acceptors (Lipinski definition) is 4. The molecule has 4 aliphatic rings. The number of ether oxygens (including phenoxy) is 1. The van der Waals surface area contributed by atoms with Gasteiger partial charge in [-0.1, -0.05) is 6.42 Å². The fourth-order valence-corrected chi connectivity index (χ4v) is 5.27. The molecule has 1 spiro atoms. The van der Waals surface area contributed by atoms with Crippen LogP contribution in [0, 0.1) is 11.8 Å². The molecule has 146 valence electrons. The van der Waals surface area contributed by atoms with E-state index in [2.05, 4.69) is 14.9 Å². The Morgan fingerprint density at radius 2 is 1.93 bits per heavy atom. The van der Waals surface area contributed by atoms with Gasteiger partial charge in [-0.15, -0.1) is 0 Å². The van der Waals surface area contributed by atoms with E-state index in [9.17, 15) is 9.59 Å². The van der Waals surface area contributed by atoms with Crippen LogP contribution in [0.15, 0.2) is 6.33 Å². The Bertz CT molecular complexity index is 727. The minimum atomic E-state index is -0.344. The third kappa shape index (κ3) is 2.70. The zero-order valence-corrected chi connectivity index (χ0v) is 15.8. The van der Waals surface area contributed by atoms with Gasteiger partial charge in [0.05, 0.1) is 30.1 Å². The molecule has 1 aromatic heterocycles. The van der Waals surface area contributed by atoms with Crippen molar-refractivity contribution in [2.45, 2.75) is 50.5 Å². The fourth-order valence-electron chi connectivity index (χ4n) is 5.27. The van der Waals surface area contributed by atoms with Crippen molar-refractivity contribution in [1.82, 2.24) is 19.8 Å². The minimum absolute atomic E-state index is 0.0130. The van der Waals surface area contributed by atoms with Crippen LogP contribution in [0.1, 0.15) is 49.9 Å². The zero-order valence-electron chi connectivity index (χ0n) is 15.8. The molecule has 5 rings (SSSR count). The summed E-state index contributed by atoms with van der Waals surface area (Å²) in [5.74, 6) is 0.730. The van der Waals surface area contributed by atoms with Crippen molar-refractivity contribution in [3.05, 3.63) is 17.7 Å². The standard InChI is InChI=1S/C20H28N4O3/c25-18(15-5-11-27-12-15)23-9-6-20(7-10-23)17-16(21-13-22-17)4-8-24(20)19(26)14-2-1-3-14/h13-15H,1-12H2,(H,21,22). The van der Waals surface area contributed by atoms with Gasteiger partial charge < -0.3 is 19.5 Å². The molecule has 4 heterocycles. The van der Waals surface area contributed by atoms with Gasteiger partial charge in [-0.2, -0.15) is 0 Å². The molecule has 1 atom stereocenters. The van der Waals surface area contributed by atoms with Crippen LogP contribution in [-0.4, -0.2) is 64.4 Å². The highest BCUT2D eigenvalue weighted by Crippen LogP contribution is 2.44. The number of carbonyl (C=O) groups is 2. The SMILES string of the molecule is O=C(C1CCOC1)N1CCC2(CC1)c1nc[nH]c1CCN2C(=O)C1CCC1. The number of aromatic amines is 1. The van der Waals surface area contributed by atoms with Gasteiger partial charge in [0.15, 0.2) is 0 Å². The molecule has 3 aliphatic heterocycles. The quantitative estimate of drug-likeness (QED) is 0.852. The first-order valence-electron chi connectivity index (χ1n) is 10.4. The van der Waals surface area contributed by atoms with Gasteiger partial charge in [0.1, 0.15) is 0 Å². The lowest BCUT2D eigenvalue weighted by molar-refractivity contribution is -0.151. The van der Waals surface area contributed by atoms with E-state index in [4.69, 9.17) is 4.74 Å². The van der Waals surface area contributed by atoms with E-state index < -0.39 is 0 Å². The largest absolute Gasteiger partial charge is 0.381 e. The molecule has 1 aliphatic carbocycles. The molecule has 7 heteroatoms. The van der Waals surface area contributed by atoms with Crippen molar-refractivity contribution in [2.24, 2.45) is 11.8 Å². The van der Waals surface area contributed by atoms with Crippen LogP contribution < -0.4 is 0 Å². The minimum Gasteiger partial charge on any atom is -0.381 e. The number of carbonyl (C=O) groups excluding carboxylic acids is 2. The normalized spacial score (nSPS) is 27.5. The number of imidazole rings is 1. The Morgan fingerprint density at radius 3 is 2.59 bits per heavy atom. The van der Waals surface area contributed by atoms with Crippen molar-refractivity contribution in [3.8, 4) is 0 Å². The summed E-state index contributed by atoms with van der Waals surface area (Å²) in [5.41, 5.74) is 1.86. The molecule has 7 nitrogen and oxygen atoms in total. The Hall–Kier alpha value is -1.89. The second-order valence-corrected chi connectivity index (χ2v) is 8.51. The molecular weight excluding hydrogens is 344 g/mol. The Labute approximate surface area is 159 Å². The summed E-state index contributed by atoms with van der Waals surface area (Å²) in [5, 5.41) is 0. The fraction of sp³-hybridized carbons (Fsp3) is 0.750. The Kier molecular flexibility index (Phi) is 4.22. The van der Waals surface area contributed by atoms with Crippen molar-refractivity contribution in [1.29, 1.82) is 0 Å². The highest BCUT2D eigenvalue weighted by Gasteiger charge is 2.50. The summed E-state index contributed by atoms with van der Waals surface area (Å²) in [6.45, 7) is 3.38. The van der Waals surface area contributed by atoms with Crippen LogP contribution in [0.3, 0.4) is 0 Å². The highest BCUT2D eigenvalue weighted by atomic mass is 16.5. The van der Waals surface area contributed by atoms with Crippen LogP contribution >= 0.6 is 0 Å². The highest BCUT2D eigenvalue weighted by molar-refractivity contribution is 5.81. The number of aromatic nitrogens is 2. The molecule has 1 aromatic rings. The van der Waals surface area contributed by atoms with E-state index in [0.29, 0.717) is 32.2 Å². The average molecular weight is 372 g/mol. The van der Waals surface area contributed by atoms with E-state index in [0.717, 1.165) is 62.9 Å². The molecule has 3 fully saturated rings. The maximum atomic E-state index is 13.2. The van der Waals surface area contributed by atoms with Crippen molar-refractivity contribution in [2.75, 3.05) is 32.8 Å². The van der Waals surface area contributed by atoms with E-state index in [1.807, 2.05) is 4.90 Å². The number of piperidine rings is 1. The summed E-state index contributed by atoms with van der Waals surface area (Å²) in [6.07, 6.45) is 8.20. The van der Waals surface area contributed by atoms with Crippen LogP contribution in [0.5, 0.6) is 0 Å². The third-order valence-corrected chi connectivity index (χ3v) is 7.16. The second kappa shape index (κ2) is 6.62. The Balaban J connectivity index is 1.38. The second-order valence-electron chi connectivity index (χ2n) is 8.51. The lowest BCUT2D eigenvalue weighted by Gasteiger charge is -2.52. The molecule has 27 heavy (non-hydrogen) atoms. The molecule has 0 bridgehead atoms. The first-order valence-corrected chi connectivity index (χ1v) is 10.4. The number of nitrogens with one attached hydrogen (secondary N) is 1. The average Bonchev–Trinajstić information content (AvgIpc) is 3.33. The van der Waals surface area contributed by atoms with Gasteiger partial charge in [-0.25, -0.2) is 4.98 Å². The maximum absolute atomic E-state index is 13.2. The summed E-state index contributed by atoms with van der Waals surface area (Å²) in [7, 11) is 0. The smallest absolute Gasteiger partial charge is 0.228 e. The summed E-state index contributed by atoms with van der Waals surface area (Å²) in [4.78, 5) is 38.0. The van der Waals surface area contributed by atoms with Gasteiger partial charge >= 0.3 is 0 Å². The molecule has 2 amide bonds. The summed E-state index contributed by atoms with van der Waals surface area (Å²) < 4.78 is 5.39. The lowest BCUT2D eigenvalue weighted by atomic mass is 9.76. The number of rotatable bonds is 2. The molecular formula is C20H28N4O3. The van der Waals surface area contributed by atoms with Gasteiger partial charge in [-0.3, -0.25) is 9.59 Å². The summed E-state index contributed by atoms with van der Waals surface area (Å²) >= 11 is 0. The number of amides is 2. The Morgan fingerprint density at radius 1 is 1.11 bits per heavy atom. The molecule has 1 saturated carbocycles. The monoisotopic (exact) mass is 372 g/mol. The number of likely N-dealkylation sites (tertiary alicyclic amines) is 1. The number of fused-ring (bicyclic) bond motifs is 2. The topological polar surface area (TPSA) is 78.5 Å². The number of H-pyrrole nitrogens is 1. The predicted molar refractivity (Wildman–Crippen MR) is 97.8 cm³/mol. The van der Waals surface area contributed by atoms with Gasteiger partial charge in [0.25, 0.3) is 0 Å². The first kappa shape index (κ1) is 17.2. The predicted octanol–water partition coefficient (Wildman–Crippen LogP) is 1.45. The molecule has 0 radical (unpaired) electrons. The zero-order chi connectivity index (χ0) is 18.4. The third-order valence-electron chi connectivity index (χ3n) is 7.16.